The highest BCUT2D eigenvalue weighted by atomic mass is 35.5. The lowest BCUT2D eigenvalue weighted by molar-refractivity contribution is -0.120. The van der Waals surface area contributed by atoms with Crippen LogP contribution in [0, 0.1) is 5.92 Å². The number of sulfonamides is 1. The molecule has 1 aliphatic heterocycles. The topological polar surface area (TPSA) is 102 Å². The number of anilines is 1. The normalized spacial score (nSPS) is 16.9. The molecule has 1 heterocycles. The molecule has 0 aliphatic carbocycles. The smallest absolute Gasteiger partial charge is 0.338 e. The molecule has 1 atom stereocenters. The van der Waals surface area contributed by atoms with Crippen molar-refractivity contribution < 1.29 is 27.5 Å². The Bertz CT molecular complexity index is 1090. The summed E-state index contributed by atoms with van der Waals surface area (Å²) in [6.45, 7) is 2.35. The second-order valence-corrected chi connectivity index (χ2v) is 9.63. The monoisotopic (exact) mass is 480 g/mol. The van der Waals surface area contributed by atoms with Crippen LogP contribution in [-0.4, -0.2) is 51.4 Å². The predicted molar refractivity (Wildman–Crippen MR) is 121 cm³/mol. The van der Waals surface area contributed by atoms with E-state index in [0.717, 1.165) is 0 Å². The van der Waals surface area contributed by atoms with E-state index in [2.05, 4.69) is 5.32 Å². The van der Waals surface area contributed by atoms with Gasteiger partial charge in [-0.05, 0) is 62.2 Å². The van der Waals surface area contributed by atoms with Crippen LogP contribution in [0.4, 0.5) is 5.69 Å². The minimum atomic E-state index is -3.89. The van der Waals surface area contributed by atoms with Gasteiger partial charge in [0.2, 0.25) is 15.9 Å². The number of benzene rings is 2. The van der Waals surface area contributed by atoms with Crippen molar-refractivity contribution in [3.05, 3.63) is 53.1 Å². The van der Waals surface area contributed by atoms with Gasteiger partial charge in [0.15, 0.2) is 0 Å². The first-order chi connectivity index (χ1) is 15.3. The molecule has 0 aromatic heterocycles. The van der Waals surface area contributed by atoms with Crippen molar-refractivity contribution in [2.24, 2.45) is 5.92 Å². The highest BCUT2D eigenvalue weighted by Gasteiger charge is 2.35. The third-order valence-corrected chi connectivity index (χ3v) is 7.28. The molecular formula is C22H25ClN2O6S. The summed E-state index contributed by atoms with van der Waals surface area (Å²) < 4.78 is 37.9. The molecule has 0 unspecified atom stereocenters. The number of nitrogens with one attached hydrogen (secondary N) is 1. The van der Waals surface area contributed by atoms with E-state index in [0.29, 0.717) is 30.6 Å². The lowest BCUT2D eigenvalue weighted by atomic mass is 9.98. The van der Waals surface area contributed by atoms with Crippen LogP contribution in [0.3, 0.4) is 0 Å². The zero-order valence-electron chi connectivity index (χ0n) is 17.8. The molecule has 2 aromatic rings. The van der Waals surface area contributed by atoms with Gasteiger partial charge in [0.1, 0.15) is 10.6 Å². The number of hydrogen-bond donors (Lipinski definition) is 1. The number of hydrogen-bond acceptors (Lipinski definition) is 6. The molecule has 2 aromatic carbocycles. The maximum absolute atomic E-state index is 13.2. The van der Waals surface area contributed by atoms with Crippen molar-refractivity contribution in [3.63, 3.8) is 0 Å². The first-order valence-electron chi connectivity index (χ1n) is 10.2. The van der Waals surface area contributed by atoms with E-state index in [4.69, 9.17) is 21.1 Å². The van der Waals surface area contributed by atoms with Gasteiger partial charge >= 0.3 is 5.97 Å². The van der Waals surface area contributed by atoms with Crippen molar-refractivity contribution in [3.8, 4) is 5.75 Å². The molecule has 0 saturated carbocycles. The number of carbonyl (C=O) groups is 2. The zero-order chi connectivity index (χ0) is 23.3. The molecule has 172 valence electrons. The van der Waals surface area contributed by atoms with E-state index in [-0.39, 0.29) is 34.7 Å². The van der Waals surface area contributed by atoms with Gasteiger partial charge in [-0.1, -0.05) is 11.6 Å². The minimum Gasteiger partial charge on any atom is -0.495 e. The Balaban J connectivity index is 1.71. The highest BCUT2D eigenvalue weighted by molar-refractivity contribution is 7.89. The average molecular weight is 481 g/mol. The molecule has 1 amide bonds. The van der Waals surface area contributed by atoms with Crippen LogP contribution in [0.5, 0.6) is 5.75 Å². The zero-order valence-corrected chi connectivity index (χ0v) is 19.4. The second-order valence-electron chi connectivity index (χ2n) is 7.28. The second kappa shape index (κ2) is 10.3. The molecule has 10 heteroatoms. The summed E-state index contributed by atoms with van der Waals surface area (Å²) in [7, 11) is -2.50. The summed E-state index contributed by atoms with van der Waals surface area (Å²) in [5.74, 6) is -1.04. The largest absolute Gasteiger partial charge is 0.495 e. The standard InChI is InChI=1S/C22H25ClN2O6S/c1-3-31-22(27)15-6-9-18(10-7-15)24-21(26)16-5-4-12-25(14-16)32(28,29)20-13-17(23)8-11-19(20)30-2/h6-11,13,16H,3-5,12,14H2,1-2H3,(H,24,26)/t16-/m1/s1. The summed E-state index contributed by atoms with van der Waals surface area (Å²) in [6, 6.07) is 10.8. The molecule has 0 radical (unpaired) electrons. The molecule has 32 heavy (non-hydrogen) atoms. The molecule has 3 rings (SSSR count). The Kier molecular flexibility index (Phi) is 7.76. The first-order valence-corrected chi connectivity index (χ1v) is 12.0. The van der Waals surface area contributed by atoms with Crippen LogP contribution in [0.2, 0.25) is 5.02 Å². The number of piperidine rings is 1. The fraction of sp³-hybridized carbons (Fsp3) is 0.364. The van der Waals surface area contributed by atoms with Crippen molar-refractivity contribution in [2.75, 3.05) is 32.1 Å². The van der Waals surface area contributed by atoms with Crippen molar-refractivity contribution in [2.45, 2.75) is 24.7 Å². The van der Waals surface area contributed by atoms with E-state index < -0.39 is 21.9 Å². The van der Waals surface area contributed by atoms with Crippen LogP contribution in [0.1, 0.15) is 30.1 Å². The molecule has 0 bridgehead atoms. The maximum atomic E-state index is 13.2. The van der Waals surface area contributed by atoms with E-state index in [1.807, 2.05) is 0 Å². The highest BCUT2D eigenvalue weighted by Crippen LogP contribution is 2.32. The van der Waals surface area contributed by atoms with Gasteiger partial charge in [-0.3, -0.25) is 4.79 Å². The van der Waals surface area contributed by atoms with Gasteiger partial charge < -0.3 is 14.8 Å². The lowest BCUT2D eigenvalue weighted by Crippen LogP contribution is -2.43. The Morgan fingerprint density at radius 3 is 2.56 bits per heavy atom. The molecule has 1 aliphatic rings. The summed E-state index contributed by atoms with van der Waals surface area (Å²) in [4.78, 5) is 24.5. The molecular weight excluding hydrogens is 456 g/mol. The molecule has 1 saturated heterocycles. The van der Waals surface area contributed by atoms with Crippen LogP contribution in [-0.2, 0) is 19.6 Å². The average Bonchev–Trinajstić information content (AvgIpc) is 2.79. The number of nitrogens with zero attached hydrogens (tertiary/aromatic N) is 1. The SMILES string of the molecule is CCOC(=O)c1ccc(NC(=O)[C@@H]2CCCN(S(=O)(=O)c3cc(Cl)ccc3OC)C2)cc1. The fourth-order valence-corrected chi connectivity index (χ4v) is 5.46. The quantitative estimate of drug-likeness (QED) is 0.608. The third kappa shape index (κ3) is 5.40. The van der Waals surface area contributed by atoms with Crippen LogP contribution in [0.25, 0.3) is 0 Å². The Morgan fingerprint density at radius 2 is 1.91 bits per heavy atom. The number of amides is 1. The number of rotatable bonds is 7. The van der Waals surface area contributed by atoms with Crippen LogP contribution < -0.4 is 10.1 Å². The van der Waals surface area contributed by atoms with E-state index in [1.165, 1.54) is 23.5 Å². The van der Waals surface area contributed by atoms with Crippen molar-refractivity contribution in [1.29, 1.82) is 0 Å². The number of carbonyl (C=O) groups excluding carboxylic acids is 2. The van der Waals surface area contributed by atoms with E-state index in [1.54, 1.807) is 37.3 Å². The van der Waals surface area contributed by atoms with Crippen molar-refractivity contribution >= 4 is 39.2 Å². The first kappa shape index (κ1) is 24.0. The minimum absolute atomic E-state index is 0.0249. The summed E-state index contributed by atoms with van der Waals surface area (Å²) >= 11 is 6.00. The lowest BCUT2D eigenvalue weighted by Gasteiger charge is -2.31. The Labute approximate surface area is 192 Å². The molecule has 1 N–H and O–H groups in total. The van der Waals surface area contributed by atoms with E-state index >= 15 is 0 Å². The van der Waals surface area contributed by atoms with E-state index in [9.17, 15) is 18.0 Å². The molecule has 0 spiro atoms. The molecule has 8 nitrogen and oxygen atoms in total. The van der Waals surface area contributed by atoms with Gasteiger partial charge in [-0.15, -0.1) is 0 Å². The summed E-state index contributed by atoms with van der Waals surface area (Å²) in [6.07, 6.45) is 1.10. The number of halogens is 1. The Morgan fingerprint density at radius 1 is 1.19 bits per heavy atom. The number of methoxy groups -OCH3 is 1. The van der Waals surface area contributed by atoms with Gasteiger partial charge in [-0.2, -0.15) is 4.31 Å². The molecule has 1 fully saturated rings. The fourth-order valence-electron chi connectivity index (χ4n) is 3.51. The third-order valence-electron chi connectivity index (χ3n) is 5.16. The predicted octanol–water partition coefficient (Wildman–Crippen LogP) is 3.56. The Hall–Kier alpha value is -2.62. The van der Waals surface area contributed by atoms with Gasteiger partial charge in [0.05, 0.1) is 25.2 Å². The summed E-state index contributed by atoms with van der Waals surface area (Å²) in [5, 5.41) is 3.07. The number of esters is 1. The van der Waals surface area contributed by atoms with Gasteiger partial charge in [0.25, 0.3) is 0 Å². The van der Waals surface area contributed by atoms with Gasteiger partial charge in [-0.25, -0.2) is 13.2 Å². The van der Waals surface area contributed by atoms with Crippen molar-refractivity contribution in [1.82, 2.24) is 4.31 Å². The van der Waals surface area contributed by atoms with Gasteiger partial charge in [0, 0.05) is 23.8 Å². The van der Waals surface area contributed by atoms with Crippen LogP contribution in [0.15, 0.2) is 47.4 Å². The van der Waals surface area contributed by atoms with Crippen LogP contribution >= 0.6 is 11.6 Å². The number of ether oxygens (including phenoxy) is 2. The summed E-state index contributed by atoms with van der Waals surface area (Å²) in [5.41, 5.74) is 0.898. The maximum Gasteiger partial charge on any atom is 0.338 e.